The minimum absolute atomic E-state index is 0.235. The first kappa shape index (κ1) is 17.4. The van der Waals surface area contributed by atoms with Gasteiger partial charge in [0.1, 0.15) is 5.82 Å². The summed E-state index contributed by atoms with van der Waals surface area (Å²) in [6.07, 6.45) is 1.57. The molecule has 0 radical (unpaired) electrons. The van der Waals surface area contributed by atoms with Crippen LogP contribution in [-0.2, 0) is 4.79 Å². The van der Waals surface area contributed by atoms with Crippen LogP contribution in [0.3, 0.4) is 0 Å². The normalized spacial score (nSPS) is 15.9. The van der Waals surface area contributed by atoms with Crippen LogP contribution in [-0.4, -0.2) is 28.4 Å². The Morgan fingerprint density at radius 1 is 1.08 bits per heavy atom. The van der Waals surface area contributed by atoms with E-state index in [0.29, 0.717) is 5.02 Å². The Hall–Kier alpha value is -2.44. The molecule has 2 aromatic carbocycles. The SMILES string of the molecule is O=C(CN1C(=O)S/C(=C\c2ccc(Cl)cc2)C1=O)c1ccc(F)cc1. The van der Waals surface area contributed by atoms with Gasteiger partial charge in [-0.3, -0.25) is 19.3 Å². The molecule has 0 spiro atoms. The fraction of sp³-hybridized carbons (Fsp3) is 0.0556. The number of halogens is 2. The molecular formula is C18H11ClFNO3S. The highest BCUT2D eigenvalue weighted by atomic mass is 35.5. The molecule has 7 heteroatoms. The van der Waals surface area contributed by atoms with Crippen LogP contribution in [0.4, 0.5) is 9.18 Å². The minimum atomic E-state index is -0.527. The van der Waals surface area contributed by atoms with Crippen molar-refractivity contribution < 1.29 is 18.8 Å². The Balaban J connectivity index is 1.76. The maximum atomic E-state index is 12.9. The van der Waals surface area contributed by atoms with E-state index in [1.165, 1.54) is 12.1 Å². The van der Waals surface area contributed by atoms with Crippen LogP contribution in [0, 0.1) is 5.82 Å². The summed E-state index contributed by atoms with van der Waals surface area (Å²) in [5.74, 6) is -1.43. The molecular weight excluding hydrogens is 365 g/mol. The number of carbonyl (C=O) groups is 3. The number of nitrogens with zero attached hydrogens (tertiary/aromatic N) is 1. The third kappa shape index (κ3) is 3.97. The van der Waals surface area contributed by atoms with Gasteiger partial charge in [-0.05, 0) is 59.8 Å². The summed E-state index contributed by atoms with van der Waals surface area (Å²) in [6, 6.07) is 11.7. The topological polar surface area (TPSA) is 54.5 Å². The molecule has 0 bridgehead atoms. The number of amides is 2. The molecule has 4 nitrogen and oxygen atoms in total. The summed E-state index contributed by atoms with van der Waals surface area (Å²) < 4.78 is 12.9. The second-order valence-corrected chi connectivity index (χ2v) is 6.68. The van der Waals surface area contributed by atoms with Crippen molar-refractivity contribution in [1.29, 1.82) is 0 Å². The van der Waals surface area contributed by atoms with Crippen LogP contribution >= 0.6 is 23.4 Å². The lowest BCUT2D eigenvalue weighted by Crippen LogP contribution is -2.33. The number of benzene rings is 2. The first-order valence-corrected chi connectivity index (χ1v) is 8.43. The molecule has 2 amide bonds. The summed E-state index contributed by atoms with van der Waals surface area (Å²) in [7, 11) is 0. The van der Waals surface area contributed by atoms with Gasteiger partial charge in [-0.1, -0.05) is 23.7 Å². The maximum absolute atomic E-state index is 12.9. The number of hydrogen-bond acceptors (Lipinski definition) is 4. The predicted octanol–water partition coefficient (Wildman–Crippen LogP) is 4.40. The zero-order valence-corrected chi connectivity index (χ0v) is 14.3. The van der Waals surface area contributed by atoms with Crippen LogP contribution in [0.1, 0.15) is 15.9 Å². The Kier molecular flexibility index (Phi) is 5.01. The van der Waals surface area contributed by atoms with Crippen molar-refractivity contribution in [2.24, 2.45) is 0 Å². The number of carbonyl (C=O) groups excluding carboxylic acids is 3. The van der Waals surface area contributed by atoms with Crippen molar-refractivity contribution in [3.8, 4) is 0 Å². The molecule has 0 saturated carbocycles. The molecule has 3 rings (SSSR count). The second kappa shape index (κ2) is 7.21. The van der Waals surface area contributed by atoms with Crippen molar-refractivity contribution in [3.63, 3.8) is 0 Å². The van der Waals surface area contributed by atoms with E-state index in [0.717, 1.165) is 34.4 Å². The maximum Gasteiger partial charge on any atom is 0.293 e. The summed E-state index contributed by atoms with van der Waals surface area (Å²) in [6.45, 7) is -0.381. The second-order valence-electron chi connectivity index (χ2n) is 5.25. The van der Waals surface area contributed by atoms with Crippen molar-refractivity contribution in [2.75, 3.05) is 6.54 Å². The van der Waals surface area contributed by atoms with Crippen molar-refractivity contribution >= 4 is 46.4 Å². The average Bonchev–Trinajstić information content (AvgIpc) is 2.85. The van der Waals surface area contributed by atoms with Gasteiger partial charge >= 0.3 is 0 Å². The van der Waals surface area contributed by atoms with Gasteiger partial charge in [0.25, 0.3) is 11.1 Å². The number of ketones is 1. The Bertz CT molecular complexity index is 878. The van der Waals surface area contributed by atoms with Crippen LogP contribution in [0.5, 0.6) is 0 Å². The summed E-state index contributed by atoms with van der Waals surface area (Å²) in [5, 5.41) is 0.0517. The zero-order chi connectivity index (χ0) is 18.0. The molecule has 0 atom stereocenters. The third-order valence-electron chi connectivity index (χ3n) is 3.51. The number of imide groups is 1. The van der Waals surface area contributed by atoms with E-state index in [-0.39, 0.29) is 17.0 Å². The van der Waals surface area contributed by atoms with E-state index in [4.69, 9.17) is 11.6 Å². The standard InChI is InChI=1S/C18H11ClFNO3S/c19-13-5-1-11(2-6-13)9-16-17(23)21(18(24)25-16)10-15(22)12-3-7-14(20)8-4-12/h1-9H,10H2/b16-9-. The Morgan fingerprint density at radius 3 is 2.36 bits per heavy atom. The van der Waals surface area contributed by atoms with Crippen LogP contribution in [0.25, 0.3) is 6.08 Å². The fourth-order valence-corrected chi connectivity index (χ4v) is 3.18. The quantitative estimate of drug-likeness (QED) is 0.587. The van der Waals surface area contributed by atoms with Gasteiger partial charge < -0.3 is 0 Å². The Labute approximate surface area is 152 Å². The summed E-state index contributed by atoms with van der Waals surface area (Å²) in [5.41, 5.74) is 0.960. The lowest BCUT2D eigenvalue weighted by atomic mass is 10.1. The van der Waals surface area contributed by atoms with Gasteiger partial charge in [0.15, 0.2) is 5.78 Å². The molecule has 0 aliphatic carbocycles. The molecule has 0 N–H and O–H groups in total. The highest BCUT2D eigenvalue weighted by Gasteiger charge is 2.36. The van der Waals surface area contributed by atoms with Crippen LogP contribution in [0.2, 0.25) is 5.02 Å². The minimum Gasteiger partial charge on any atom is -0.292 e. The van der Waals surface area contributed by atoms with Gasteiger partial charge in [0.2, 0.25) is 0 Å². The van der Waals surface area contributed by atoms with Crippen molar-refractivity contribution in [2.45, 2.75) is 0 Å². The van der Waals surface area contributed by atoms with E-state index in [1.807, 2.05) is 0 Å². The molecule has 1 fully saturated rings. The van der Waals surface area contributed by atoms with Gasteiger partial charge in [-0.15, -0.1) is 0 Å². The van der Waals surface area contributed by atoms with E-state index in [1.54, 1.807) is 30.3 Å². The third-order valence-corrected chi connectivity index (χ3v) is 4.67. The summed E-state index contributed by atoms with van der Waals surface area (Å²) in [4.78, 5) is 37.8. The molecule has 0 aromatic heterocycles. The van der Waals surface area contributed by atoms with Gasteiger partial charge in [0.05, 0.1) is 11.4 Å². The molecule has 0 unspecified atom stereocenters. The molecule has 126 valence electrons. The van der Waals surface area contributed by atoms with E-state index >= 15 is 0 Å². The molecule has 1 aliphatic heterocycles. The van der Waals surface area contributed by atoms with E-state index in [9.17, 15) is 18.8 Å². The molecule has 2 aromatic rings. The number of hydrogen-bond donors (Lipinski definition) is 0. The van der Waals surface area contributed by atoms with Crippen molar-refractivity contribution in [1.82, 2.24) is 4.90 Å². The number of thioether (sulfide) groups is 1. The van der Waals surface area contributed by atoms with Crippen LogP contribution in [0.15, 0.2) is 53.4 Å². The van der Waals surface area contributed by atoms with E-state index < -0.39 is 22.7 Å². The average molecular weight is 376 g/mol. The fourth-order valence-electron chi connectivity index (χ4n) is 2.22. The molecule has 1 heterocycles. The Morgan fingerprint density at radius 2 is 1.72 bits per heavy atom. The van der Waals surface area contributed by atoms with Crippen molar-refractivity contribution in [3.05, 3.63) is 75.4 Å². The highest BCUT2D eigenvalue weighted by Crippen LogP contribution is 2.32. The van der Waals surface area contributed by atoms with Gasteiger partial charge in [-0.25, -0.2) is 4.39 Å². The summed E-state index contributed by atoms with van der Waals surface area (Å²) >= 11 is 6.59. The van der Waals surface area contributed by atoms with Gasteiger partial charge in [0, 0.05) is 10.6 Å². The predicted molar refractivity (Wildman–Crippen MR) is 94.9 cm³/mol. The molecule has 25 heavy (non-hydrogen) atoms. The lowest BCUT2D eigenvalue weighted by Gasteiger charge is -2.11. The molecule has 1 aliphatic rings. The zero-order valence-electron chi connectivity index (χ0n) is 12.7. The lowest BCUT2D eigenvalue weighted by molar-refractivity contribution is -0.122. The molecule has 1 saturated heterocycles. The largest absolute Gasteiger partial charge is 0.293 e. The first-order chi connectivity index (χ1) is 11.9. The number of Topliss-reactive ketones (excluding diaryl/α,β-unsaturated/α-hetero) is 1. The highest BCUT2D eigenvalue weighted by molar-refractivity contribution is 8.18. The monoisotopic (exact) mass is 375 g/mol. The number of rotatable bonds is 4. The van der Waals surface area contributed by atoms with Gasteiger partial charge in [-0.2, -0.15) is 0 Å². The van der Waals surface area contributed by atoms with E-state index in [2.05, 4.69) is 0 Å². The smallest absolute Gasteiger partial charge is 0.292 e. The van der Waals surface area contributed by atoms with Crippen LogP contribution < -0.4 is 0 Å². The first-order valence-electron chi connectivity index (χ1n) is 7.24.